The summed E-state index contributed by atoms with van der Waals surface area (Å²) < 4.78 is 33.6. The number of nitrogens with zero attached hydrogens (tertiary/aromatic N) is 2. The summed E-state index contributed by atoms with van der Waals surface area (Å²) in [5, 5.41) is 6.28. The summed E-state index contributed by atoms with van der Waals surface area (Å²) in [4.78, 5) is 30.5. The number of ether oxygens (including phenoxy) is 1. The van der Waals surface area contributed by atoms with Gasteiger partial charge in [0, 0.05) is 29.4 Å². The monoisotopic (exact) mass is 610 g/mol. The molecule has 0 fully saturated rings. The Bertz CT molecular complexity index is 1900. The van der Waals surface area contributed by atoms with Gasteiger partial charge in [-0.05, 0) is 80.8 Å². The highest BCUT2D eigenvalue weighted by Crippen LogP contribution is 2.32. The minimum absolute atomic E-state index is 0.180. The maximum Gasteiger partial charge on any atom is 0.408 e. The van der Waals surface area contributed by atoms with Crippen LogP contribution in [0.15, 0.2) is 108 Å². The molecular weight excluding hydrogens is 576 g/mol. The van der Waals surface area contributed by atoms with E-state index in [2.05, 4.69) is 15.6 Å². The van der Waals surface area contributed by atoms with Crippen LogP contribution in [0, 0.1) is 6.92 Å². The zero-order valence-electron chi connectivity index (χ0n) is 24.9. The van der Waals surface area contributed by atoms with Crippen molar-refractivity contribution < 1.29 is 22.7 Å². The van der Waals surface area contributed by atoms with Crippen LogP contribution in [0.1, 0.15) is 32.0 Å². The summed E-state index contributed by atoms with van der Waals surface area (Å²) in [7, 11) is -3.85. The van der Waals surface area contributed by atoms with Gasteiger partial charge in [-0.15, -0.1) is 0 Å². The van der Waals surface area contributed by atoms with Gasteiger partial charge in [-0.3, -0.25) is 4.79 Å². The molecular formula is C34H34N4O5S. The van der Waals surface area contributed by atoms with E-state index < -0.39 is 33.7 Å². The first-order valence-corrected chi connectivity index (χ1v) is 15.6. The lowest BCUT2D eigenvalue weighted by Gasteiger charge is -2.23. The molecule has 0 aliphatic carbocycles. The number of aromatic nitrogens is 2. The molecule has 0 saturated heterocycles. The largest absolute Gasteiger partial charge is 0.444 e. The van der Waals surface area contributed by atoms with Gasteiger partial charge in [0.05, 0.1) is 4.90 Å². The van der Waals surface area contributed by atoms with E-state index in [4.69, 9.17) is 4.74 Å². The highest BCUT2D eigenvalue weighted by Gasteiger charge is 2.26. The first kappa shape index (κ1) is 30.5. The van der Waals surface area contributed by atoms with E-state index >= 15 is 0 Å². The molecule has 2 heterocycles. The molecule has 5 aromatic rings. The predicted molar refractivity (Wildman–Crippen MR) is 171 cm³/mol. The number of fused-ring (bicyclic) bond motifs is 1. The van der Waals surface area contributed by atoms with Crippen molar-refractivity contribution in [3.63, 3.8) is 0 Å². The molecule has 3 aromatic carbocycles. The highest BCUT2D eigenvalue weighted by atomic mass is 32.2. The molecule has 0 radical (unpaired) electrons. The fraction of sp³-hybridized carbons (Fsp3) is 0.206. The van der Waals surface area contributed by atoms with Gasteiger partial charge in [0.2, 0.25) is 5.91 Å². The van der Waals surface area contributed by atoms with Gasteiger partial charge in [-0.25, -0.2) is 22.2 Å². The average molecular weight is 611 g/mol. The van der Waals surface area contributed by atoms with E-state index in [0.717, 1.165) is 16.7 Å². The Morgan fingerprint density at radius 2 is 1.55 bits per heavy atom. The Hall–Kier alpha value is -4.96. The molecule has 226 valence electrons. The number of benzene rings is 3. The lowest BCUT2D eigenvalue weighted by Crippen LogP contribution is -2.47. The number of nitrogens with one attached hydrogen (secondary N) is 2. The molecule has 0 spiro atoms. The lowest BCUT2D eigenvalue weighted by atomic mass is 10.0. The number of anilines is 1. The number of amides is 2. The van der Waals surface area contributed by atoms with Crippen molar-refractivity contribution >= 4 is 38.7 Å². The van der Waals surface area contributed by atoms with Crippen molar-refractivity contribution in [1.29, 1.82) is 0 Å². The molecule has 2 aromatic heterocycles. The second-order valence-corrected chi connectivity index (χ2v) is 13.2. The number of pyridine rings is 1. The molecule has 0 aliphatic rings. The first-order valence-electron chi connectivity index (χ1n) is 14.1. The van der Waals surface area contributed by atoms with Crippen molar-refractivity contribution in [2.75, 3.05) is 5.32 Å². The van der Waals surface area contributed by atoms with Gasteiger partial charge in [-0.1, -0.05) is 60.7 Å². The third-order valence-corrected chi connectivity index (χ3v) is 8.68. The molecule has 9 nitrogen and oxygen atoms in total. The van der Waals surface area contributed by atoms with Crippen LogP contribution in [-0.4, -0.2) is 41.0 Å². The third-order valence-electron chi connectivity index (χ3n) is 6.87. The number of rotatable bonds is 8. The summed E-state index contributed by atoms with van der Waals surface area (Å²) >= 11 is 0. The first-order chi connectivity index (χ1) is 20.9. The average Bonchev–Trinajstić information content (AvgIpc) is 3.34. The minimum atomic E-state index is -3.85. The summed E-state index contributed by atoms with van der Waals surface area (Å²) in [6.07, 6.45) is 1.18. The maximum absolute atomic E-state index is 13.5. The number of carbonyl (C=O) groups is 2. The summed E-state index contributed by atoms with van der Waals surface area (Å²) in [6, 6.07) is 27.6. The van der Waals surface area contributed by atoms with Crippen molar-refractivity contribution in [2.45, 2.75) is 50.7 Å². The van der Waals surface area contributed by atoms with Crippen LogP contribution in [0.5, 0.6) is 0 Å². The molecule has 0 aliphatic heterocycles. The standard InChI is InChI=1S/C34H34N4O5S/c1-23-21-29-28(19-20-35-31(29)38(23)44(41,42)27-13-9-6-10-14-27)25-15-17-26(18-16-25)36-32(39)30(22-24-11-7-5-8-12-24)37-33(40)43-34(2,3)4/h5-21,30H,22H2,1-4H3,(H,36,39)(H,37,40)/t30-/m1/s1. The maximum atomic E-state index is 13.5. The van der Waals surface area contributed by atoms with Gasteiger partial charge in [0.1, 0.15) is 11.6 Å². The summed E-state index contributed by atoms with van der Waals surface area (Å²) in [6.45, 7) is 7.02. The van der Waals surface area contributed by atoms with Crippen LogP contribution in [0.3, 0.4) is 0 Å². The van der Waals surface area contributed by atoms with Crippen LogP contribution in [-0.2, 0) is 26.0 Å². The highest BCUT2D eigenvalue weighted by molar-refractivity contribution is 7.90. The number of alkyl carbamates (subject to hydrolysis) is 1. The smallest absolute Gasteiger partial charge is 0.408 e. The number of hydrogen-bond donors (Lipinski definition) is 2. The Morgan fingerprint density at radius 3 is 2.18 bits per heavy atom. The third kappa shape index (κ3) is 6.81. The van der Waals surface area contributed by atoms with Crippen LogP contribution in [0.25, 0.3) is 22.2 Å². The van der Waals surface area contributed by atoms with E-state index in [-0.39, 0.29) is 11.3 Å². The topological polar surface area (TPSA) is 119 Å². The van der Waals surface area contributed by atoms with Gasteiger partial charge < -0.3 is 15.4 Å². The van der Waals surface area contributed by atoms with Gasteiger partial charge in [0.15, 0.2) is 5.65 Å². The zero-order chi connectivity index (χ0) is 31.5. The molecule has 0 unspecified atom stereocenters. The van der Waals surface area contributed by atoms with Crippen LogP contribution < -0.4 is 10.6 Å². The second kappa shape index (κ2) is 12.3. The number of aryl methyl sites for hydroxylation is 1. The number of hydrogen-bond acceptors (Lipinski definition) is 6. The minimum Gasteiger partial charge on any atom is -0.444 e. The van der Waals surface area contributed by atoms with E-state index in [1.807, 2.05) is 54.6 Å². The summed E-state index contributed by atoms with van der Waals surface area (Å²) in [5.41, 5.74) is 3.19. The second-order valence-electron chi connectivity index (χ2n) is 11.4. The van der Waals surface area contributed by atoms with Crippen molar-refractivity contribution in [1.82, 2.24) is 14.3 Å². The van der Waals surface area contributed by atoms with Crippen LogP contribution in [0.4, 0.5) is 10.5 Å². The normalized spacial score (nSPS) is 12.5. The molecule has 44 heavy (non-hydrogen) atoms. The van der Waals surface area contributed by atoms with Gasteiger partial charge in [0.25, 0.3) is 10.0 Å². The van der Waals surface area contributed by atoms with Crippen LogP contribution in [0.2, 0.25) is 0 Å². The van der Waals surface area contributed by atoms with E-state index in [0.29, 0.717) is 22.4 Å². The summed E-state index contributed by atoms with van der Waals surface area (Å²) in [5.74, 6) is -0.391. The Morgan fingerprint density at radius 1 is 0.909 bits per heavy atom. The van der Waals surface area contributed by atoms with Crippen molar-refractivity contribution in [3.8, 4) is 11.1 Å². The Labute approximate surface area is 257 Å². The quantitative estimate of drug-likeness (QED) is 0.212. The lowest BCUT2D eigenvalue weighted by molar-refractivity contribution is -0.118. The number of carbonyl (C=O) groups excluding carboxylic acids is 2. The SMILES string of the molecule is Cc1cc2c(-c3ccc(NC(=O)[C@@H](Cc4ccccc4)NC(=O)OC(C)(C)C)cc3)ccnc2n1S(=O)(=O)c1ccccc1. The van der Waals surface area contributed by atoms with Gasteiger partial charge >= 0.3 is 6.09 Å². The fourth-order valence-electron chi connectivity index (χ4n) is 4.93. The van der Waals surface area contributed by atoms with Crippen molar-refractivity contribution in [2.24, 2.45) is 0 Å². The van der Waals surface area contributed by atoms with Crippen LogP contribution >= 0.6 is 0 Å². The van der Waals surface area contributed by atoms with E-state index in [1.54, 1.807) is 76.4 Å². The molecule has 10 heteroatoms. The zero-order valence-corrected chi connectivity index (χ0v) is 25.8. The van der Waals surface area contributed by atoms with Crippen molar-refractivity contribution in [3.05, 3.63) is 115 Å². The van der Waals surface area contributed by atoms with E-state index in [9.17, 15) is 18.0 Å². The molecule has 0 saturated carbocycles. The predicted octanol–water partition coefficient (Wildman–Crippen LogP) is 6.32. The van der Waals surface area contributed by atoms with E-state index in [1.165, 1.54) is 3.97 Å². The molecule has 2 amide bonds. The Kier molecular flexibility index (Phi) is 8.55. The molecule has 0 bridgehead atoms. The fourth-order valence-corrected chi connectivity index (χ4v) is 6.44. The molecule has 5 rings (SSSR count). The Balaban J connectivity index is 1.39. The van der Waals surface area contributed by atoms with Gasteiger partial charge in [-0.2, -0.15) is 0 Å². The molecule has 1 atom stereocenters. The molecule has 2 N–H and O–H groups in total.